The van der Waals surface area contributed by atoms with Gasteiger partial charge in [0.25, 0.3) is 0 Å². The van der Waals surface area contributed by atoms with Crippen LogP contribution in [0.2, 0.25) is 0 Å². The Morgan fingerprint density at radius 1 is 1.21 bits per heavy atom. The van der Waals surface area contributed by atoms with Crippen LogP contribution in [0.25, 0.3) is 0 Å². The number of benzene rings is 1. The number of nitrogens with one attached hydrogen (secondary N) is 2. The van der Waals surface area contributed by atoms with Crippen LogP contribution in [0.15, 0.2) is 29.3 Å². The van der Waals surface area contributed by atoms with Gasteiger partial charge in [0.2, 0.25) is 5.91 Å². The Bertz CT molecular complexity index is 792. The van der Waals surface area contributed by atoms with E-state index in [-0.39, 0.29) is 30.0 Å². The average molecular weight is 401 g/mol. The second kappa shape index (κ2) is 7.86. The first-order valence-corrected chi connectivity index (χ1v) is 10.5. The quantitative estimate of drug-likeness (QED) is 0.597. The number of hydrogen-bond donors (Lipinski definition) is 2. The van der Waals surface area contributed by atoms with Gasteiger partial charge in [0.05, 0.1) is 18.8 Å². The highest BCUT2D eigenvalue weighted by Crippen LogP contribution is 2.52. The first-order valence-electron chi connectivity index (χ1n) is 10.5. The number of aliphatic imine (C=N–C) groups is 1. The summed E-state index contributed by atoms with van der Waals surface area (Å²) >= 11 is 0. The largest absolute Gasteiger partial charge is 0.493 e. The Hall–Kier alpha value is -2.28. The van der Waals surface area contributed by atoms with Crippen LogP contribution < -0.4 is 15.4 Å². The molecule has 1 saturated carbocycles. The summed E-state index contributed by atoms with van der Waals surface area (Å²) in [6, 6.07) is 8.46. The standard InChI is InChI=1S/C22H32N4O3/c1-22(2)19(15-9-11-29-20(15)22)25-21(23-13-18(27)26(3)4)24-16-10-12-28-17-8-6-5-7-14(16)17/h5-8,15-16,19-20H,9-13H2,1-4H3,(H2,23,24,25). The predicted octanol–water partition coefficient (Wildman–Crippen LogP) is 1.95. The molecule has 0 aromatic heterocycles. The maximum absolute atomic E-state index is 12.1. The van der Waals surface area contributed by atoms with Crippen molar-refractivity contribution in [2.45, 2.75) is 44.9 Å². The van der Waals surface area contributed by atoms with Crippen LogP contribution >= 0.6 is 0 Å². The van der Waals surface area contributed by atoms with Crippen LogP contribution in [0, 0.1) is 11.3 Å². The van der Waals surface area contributed by atoms with Gasteiger partial charge in [0.15, 0.2) is 5.96 Å². The molecule has 2 fully saturated rings. The smallest absolute Gasteiger partial charge is 0.243 e. The summed E-state index contributed by atoms with van der Waals surface area (Å²) in [6.45, 7) is 6.08. The van der Waals surface area contributed by atoms with Crippen molar-refractivity contribution < 1.29 is 14.3 Å². The normalized spacial score (nSPS) is 29.7. The maximum atomic E-state index is 12.1. The molecular formula is C22H32N4O3. The molecule has 1 amide bonds. The first-order chi connectivity index (χ1) is 13.9. The summed E-state index contributed by atoms with van der Waals surface area (Å²) in [5, 5.41) is 7.21. The lowest BCUT2D eigenvalue weighted by Crippen LogP contribution is -2.68. The summed E-state index contributed by atoms with van der Waals surface area (Å²) in [4.78, 5) is 18.3. The highest BCUT2D eigenvalue weighted by Gasteiger charge is 2.59. The van der Waals surface area contributed by atoms with Gasteiger partial charge in [-0.25, -0.2) is 4.99 Å². The molecule has 2 N–H and O–H groups in total. The minimum absolute atomic E-state index is 0.0200. The van der Waals surface area contributed by atoms with E-state index < -0.39 is 0 Å². The van der Waals surface area contributed by atoms with Gasteiger partial charge in [-0.1, -0.05) is 32.0 Å². The molecule has 4 rings (SSSR count). The van der Waals surface area contributed by atoms with Gasteiger partial charge in [0.1, 0.15) is 12.3 Å². The zero-order chi connectivity index (χ0) is 20.6. The van der Waals surface area contributed by atoms with E-state index >= 15 is 0 Å². The van der Waals surface area contributed by atoms with Crippen LogP contribution in [-0.4, -0.2) is 62.8 Å². The lowest BCUT2D eigenvalue weighted by molar-refractivity contribution is -0.127. The molecule has 7 nitrogen and oxygen atoms in total. The molecule has 0 radical (unpaired) electrons. The molecule has 3 aliphatic rings. The number of para-hydroxylation sites is 1. The maximum Gasteiger partial charge on any atom is 0.243 e. The molecule has 1 aromatic rings. The molecule has 158 valence electrons. The number of hydrogen-bond acceptors (Lipinski definition) is 4. The number of likely N-dealkylation sites (N-methyl/N-ethyl adjacent to an activating group) is 1. The molecule has 4 unspecified atom stereocenters. The van der Waals surface area contributed by atoms with E-state index in [0.717, 1.165) is 30.8 Å². The van der Waals surface area contributed by atoms with Crippen LogP contribution in [0.4, 0.5) is 0 Å². The molecule has 0 bridgehead atoms. The number of guanidine groups is 1. The van der Waals surface area contributed by atoms with Crippen molar-refractivity contribution in [3.05, 3.63) is 29.8 Å². The lowest BCUT2D eigenvalue weighted by Gasteiger charge is -2.55. The van der Waals surface area contributed by atoms with Crippen molar-refractivity contribution in [3.8, 4) is 5.75 Å². The van der Waals surface area contributed by atoms with Gasteiger partial charge in [-0.05, 0) is 12.5 Å². The van der Waals surface area contributed by atoms with Gasteiger partial charge in [-0.15, -0.1) is 0 Å². The van der Waals surface area contributed by atoms with Crippen LogP contribution in [-0.2, 0) is 9.53 Å². The van der Waals surface area contributed by atoms with Crippen molar-refractivity contribution in [3.63, 3.8) is 0 Å². The third-order valence-corrected chi connectivity index (χ3v) is 6.53. The van der Waals surface area contributed by atoms with E-state index in [1.54, 1.807) is 19.0 Å². The fourth-order valence-electron chi connectivity index (χ4n) is 4.84. The van der Waals surface area contributed by atoms with Gasteiger partial charge in [-0.2, -0.15) is 0 Å². The summed E-state index contributed by atoms with van der Waals surface area (Å²) < 4.78 is 11.7. The minimum Gasteiger partial charge on any atom is -0.493 e. The Kier molecular flexibility index (Phi) is 5.42. The summed E-state index contributed by atoms with van der Waals surface area (Å²) in [5.41, 5.74) is 1.16. The highest BCUT2D eigenvalue weighted by atomic mass is 16.5. The van der Waals surface area contributed by atoms with Crippen LogP contribution in [0.5, 0.6) is 5.75 Å². The minimum atomic E-state index is -0.0200. The summed E-state index contributed by atoms with van der Waals surface area (Å²) in [6.07, 6.45) is 2.21. The van der Waals surface area contributed by atoms with Crippen molar-refractivity contribution in [2.75, 3.05) is 33.9 Å². The molecule has 1 aliphatic carbocycles. The number of fused-ring (bicyclic) bond motifs is 2. The second-order valence-electron chi connectivity index (χ2n) is 9.01. The van der Waals surface area contributed by atoms with E-state index in [1.807, 2.05) is 18.2 Å². The zero-order valence-electron chi connectivity index (χ0n) is 17.8. The molecule has 7 heteroatoms. The molecule has 1 aromatic carbocycles. The Morgan fingerprint density at radius 2 is 2.00 bits per heavy atom. The Balaban J connectivity index is 1.53. The van der Waals surface area contributed by atoms with E-state index in [9.17, 15) is 4.79 Å². The van der Waals surface area contributed by atoms with Crippen molar-refractivity contribution in [1.29, 1.82) is 0 Å². The summed E-state index contributed by atoms with van der Waals surface area (Å²) in [5.74, 6) is 2.07. The number of carbonyl (C=O) groups excluding carboxylic acids is 1. The number of rotatable bonds is 4. The van der Waals surface area contributed by atoms with Gasteiger partial charge in [-0.3, -0.25) is 4.79 Å². The molecular weight excluding hydrogens is 368 g/mol. The van der Waals surface area contributed by atoms with Crippen LogP contribution in [0.3, 0.4) is 0 Å². The third-order valence-electron chi connectivity index (χ3n) is 6.53. The average Bonchev–Trinajstić information content (AvgIpc) is 3.17. The fourth-order valence-corrected chi connectivity index (χ4v) is 4.84. The van der Waals surface area contributed by atoms with E-state index in [0.29, 0.717) is 24.6 Å². The SMILES string of the molecule is CN(C)C(=O)CN=C(NC1CCOc2ccccc21)NC1C2CCOC2C1(C)C. The Labute approximate surface area is 172 Å². The second-order valence-corrected chi connectivity index (χ2v) is 9.01. The van der Waals surface area contributed by atoms with E-state index in [2.05, 4.69) is 35.5 Å². The molecule has 0 spiro atoms. The first kappa shape index (κ1) is 20.0. The molecule has 2 aliphatic heterocycles. The van der Waals surface area contributed by atoms with Crippen LogP contribution in [0.1, 0.15) is 38.3 Å². The Morgan fingerprint density at radius 3 is 2.79 bits per heavy atom. The molecule has 2 heterocycles. The van der Waals surface area contributed by atoms with Crippen molar-refractivity contribution in [2.24, 2.45) is 16.3 Å². The lowest BCUT2D eigenvalue weighted by atomic mass is 9.57. The predicted molar refractivity (Wildman–Crippen MR) is 112 cm³/mol. The molecule has 1 saturated heterocycles. The fraction of sp³-hybridized carbons (Fsp3) is 0.636. The number of ether oxygens (including phenoxy) is 2. The highest BCUT2D eigenvalue weighted by molar-refractivity contribution is 5.85. The summed E-state index contributed by atoms with van der Waals surface area (Å²) in [7, 11) is 3.51. The molecule has 4 atom stereocenters. The monoisotopic (exact) mass is 400 g/mol. The number of nitrogens with zero attached hydrogens (tertiary/aromatic N) is 2. The number of amides is 1. The van der Waals surface area contributed by atoms with Gasteiger partial charge >= 0.3 is 0 Å². The van der Waals surface area contributed by atoms with Gasteiger partial charge < -0.3 is 25.0 Å². The topological polar surface area (TPSA) is 75.2 Å². The third kappa shape index (κ3) is 3.80. The van der Waals surface area contributed by atoms with Crippen molar-refractivity contribution in [1.82, 2.24) is 15.5 Å². The van der Waals surface area contributed by atoms with Crippen molar-refractivity contribution >= 4 is 11.9 Å². The number of carbonyl (C=O) groups is 1. The van der Waals surface area contributed by atoms with Gasteiger partial charge in [0, 0.05) is 50.1 Å². The van der Waals surface area contributed by atoms with E-state index in [1.165, 1.54) is 0 Å². The zero-order valence-corrected chi connectivity index (χ0v) is 17.8. The molecule has 29 heavy (non-hydrogen) atoms. The van der Waals surface area contributed by atoms with E-state index in [4.69, 9.17) is 9.47 Å².